The van der Waals surface area contributed by atoms with E-state index in [0.717, 1.165) is 22.9 Å². The number of hydrogen-bond donors (Lipinski definition) is 2. The average Bonchev–Trinajstić information content (AvgIpc) is 3.21. The fourth-order valence-electron chi connectivity index (χ4n) is 3.08. The summed E-state index contributed by atoms with van der Waals surface area (Å²) in [5.74, 6) is 0.818. The summed E-state index contributed by atoms with van der Waals surface area (Å²) >= 11 is 7.56. The van der Waals surface area contributed by atoms with E-state index in [9.17, 15) is 4.79 Å². The van der Waals surface area contributed by atoms with E-state index in [2.05, 4.69) is 39.9 Å². The predicted molar refractivity (Wildman–Crippen MR) is 131 cm³/mol. The molecule has 0 aliphatic heterocycles. The lowest BCUT2D eigenvalue weighted by Gasteiger charge is -2.12. The van der Waals surface area contributed by atoms with E-state index >= 15 is 0 Å². The summed E-state index contributed by atoms with van der Waals surface area (Å²) in [6.07, 6.45) is 0. The zero-order chi connectivity index (χ0) is 22.3. The molecule has 0 saturated carbocycles. The highest BCUT2D eigenvalue weighted by atomic mass is 35.5. The third-order valence-corrected chi connectivity index (χ3v) is 5.82. The Morgan fingerprint density at radius 1 is 0.969 bits per heavy atom. The molecule has 8 heteroatoms. The summed E-state index contributed by atoms with van der Waals surface area (Å²) < 4.78 is 1.92. The van der Waals surface area contributed by atoms with Gasteiger partial charge in [-0.2, -0.15) is 0 Å². The van der Waals surface area contributed by atoms with Gasteiger partial charge in [-0.05, 0) is 49.4 Å². The molecule has 162 valence electrons. The third kappa shape index (κ3) is 5.69. The second kappa shape index (κ2) is 10.3. The molecular formula is C24H22ClN5OS. The lowest BCUT2D eigenvalue weighted by molar-refractivity contribution is -0.113. The Bertz CT molecular complexity index is 1190. The van der Waals surface area contributed by atoms with Crippen molar-refractivity contribution in [2.75, 3.05) is 16.4 Å². The number of carbonyl (C=O) groups is 1. The number of nitrogens with one attached hydrogen (secondary N) is 2. The SMILES string of the molecule is Cc1ccc(NCc2nnc(SCC(=O)Nc3ccccc3)n2-c2cccc(Cl)c2)cc1. The molecule has 4 aromatic rings. The van der Waals surface area contributed by atoms with Gasteiger partial charge in [-0.3, -0.25) is 9.36 Å². The van der Waals surface area contributed by atoms with Crippen LogP contribution in [-0.2, 0) is 11.3 Å². The highest BCUT2D eigenvalue weighted by Crippen LogP contribution is 2.25. The Balaban J connectivity index is 1.52. The van der Waals surface area contributed by atoms with Crippen LogP contribution in [0.15, 0.2) is 84.0 Å². The van der Waals surface area contributed by atoms with Crippen molar-refractivity contribution in [2.45, 2.75) is 18.6 Å². The van der Waals surface area contributed by atoms with Crippen molar-refractivity contribution in [2.24, 2.45) is 0 Å². The van der Waals surface area contributed by atoms with Crippen LogP contribution < -0.4 is 10.6 Å². The zero-order valence-electron chi connectivity index (χ0n) is 17.5. The van der Waals surface area contributed by atoms with Gasteiger partial charge in [0.1, 0.15) is 0 Å². The largest absolute Gasteiger partial charge is 0.378 e. The standard InChI is InChI=1S/C24H22ClN5OS/c1-17-10-12-19(13-11-17)26-15-22-28-29-24(30(22)21-9-5-6-18(25)14-21)32-16-23(31)27-20-7-3-2-4-8-20/h2-14,26H,15-16H2,1H3,(H,27,31). The van der Waals surface area contributed by atoms with Crippen LogP contribution in [-0.4, -0.2) is 26.4 Å². The van der Waals surface area contributed by atoms with Gasteiger partial charge in [0.2, 0.25) is 5.91 Å². The number of halogens is 1. The van der Waals surface area contributed by atoms with Crippen molar-refractivity contribution in [3.63, 3.8) is 0 Å². The van der Waals surface area contributed by atoms with Crippen molar-refractivity contribution >= 4 is 40.6 Å². The minimum atomic E-state index is -0.110. The number of rotatable bonds is 8. The van der Waals surface area contributed by atoms with Crippen LogP contribution in [0, 0.1) is 6.92 Å². The van der Waals surface area contributed by atoms with Gasteiger partial charge in [-0.1, -0.05) is 65.3 Å². The summed E-state index contributed by atoms with van der Waals surface area (Å²) in [4.78, 5) is 12.4. The molecule has 0 bridgehead atoms. The quantitative estimate of drug-likeness (QED) is 0.334. The number of amides is 1. The first-order valence-electron chi connectivity index (χ1n) is 10.1. The maximum atomic E-state index is 12.4. The van der Waals surface area contributed by atoms with Gasteiger partial charge in [-0.15, -0.1) is 10.2 Å². The van der Waals surface area contributed by atoms with E-state index in [-0.39, 0.29) is 11.7 Å². The lowest BCUT2D eigenvalue weighted by Crippen LogP contribution is -2.14. The van der Waals surface area contributed by atoms with E-state index in [1.165, 1.54) is 17.3 Å². The molecule has 1 amide bonds. The van der Waals surface area contributed by atoms with Crippen LogP contribution in [0.4, 0.5) is 11.4 Å². The summed E-state index contributed by atoms with van der Waals surface area (Å²) in [6, 6.07) is 25.0. The van der Waals surface area contributed by atoms with Crippen molar-refractivity contribution in [3.05, 3.63) is 95.3 Å². The molecule has 32 heavy (non-hydrogen) atoms. The Labute approximate surface area is 196 Å². The number of thioether (sulfide) groups is 1. The van der Waals surface area contributed by atoms with Crippen molar-refractivity contribution in [1.29, 1.82) is 0 Å². The molecule has 4 rings (SSSR count). The van der Waals surface area contributed by atoms with E-state index in [1.54, 1.807) is 0 Å². The zero-order valence-corrected chi connectivity index (χ0v) is 19.0. The van der Waals surface area contributed by atoms with Crippen molar-refractivity contribution in [3.8, 4) is 5.69 Å². The highest BCUT2D eigenvalue weighted by molar-refractivity contribution is 7.99. The molecule has 0 spiro atoms. The van der Waals surface area contributed by atoms with E-state index in [0.29, 0.717) is 16.7 Å². The van der Waals surface area contributed by atoms with E-state index in [1.807, 2.05) is 71.3 Å². The third-order valence-electron chi connectivity index (χ3n) is 4.66. The molecule has 0 atom stereocenters. The Hall–Kier alpha value is -3.29. The fourth-order valence-corrected chi connectivity index (χ4v) is 4.04. The average molecular weight is 464 g/mol. The van der Waals surface area contributed by atoms with Crippen LogP contribution in [0.1, 0.15) is 11.4 Å². The number of aromatic nitrogens is 3. The van der Waals surface area contributed by atoms with Crippen LogP contribution >= 0.6 is 23.4 Å². The molecule has 2 N–H and O–H groups in total. The topological polar surface area (TPSA) is 71.8 Å². The van der Waals surface area contributed by atoms with Crippen LogP contribution in [0.3, 0.4) is 0 Å². The minimum absolute atomic E-state index is 0.110. The van der Waals surface area contributed by atoms with Crippen molar-refractivity contribution in [1.82, 2.24) is 14.8 Å². The summed E-state index contributed by atoms with van der Waals surface area (Å²) in [6.45, 7) is 2.52. The van der Waals surface area contributed by atoms with Crippen molar-refractivity contribution < 1.29 is 4.79 Å². The summed E-state index contributed by atoms with van der Waals surface area (Å²) in [5.41, 5.74) is 3.80. The number of nitrogens with zero attached hydrogens (tertiary/aromatic N) is 3. The smallest absolute Gasteiger partial charge is 0.234 e. The molecule has 0 saturated heterocycles. The first-order valence-corrected chi connectivity index (χ1v) is 11.4. The summed E-state index contributed by atoms with van der Waals surface area (Å²) in [5, 5.41) is 16.2. The molecule has 0 aliphatic carbocycles. The number of benzene rings is 3. The molecule has 0 fully saturated rings. The molecule has 6 nitrogen and oxygen atoms in total. The summed E-state index contributed by atoms with van der Waals surface area (Å²) in [7, 11) is 0. The molecule has 0 radical (unpaired) electrons. The van der Waals surface area contributed by atoms with Gasteiger partial charge in [-0.25, -0.2) is 0 Å². The van der Waals surface area contributed by atoms with Gasteiger partial charge in [0.15, 0.2) is 11.0 Å². The van der Waals surface area contributed by atoms with Crippen LogP contribution in [0.25, 0.3) is 5.69 Å². The van der Waals surface area contributed by atoms with Gasteiger partial charge >= 0.3 is 0 Å². The second-order valence-electron chi connectivity index (χ2n) is 7.14. The number of aryl methyl sites for hydroxylation is 1. The van der Waals surface area contributed by atoms with E-state index < -0.39 is 0 Å². The monoisotopic (exact) mass is 463 g/mol. The van der Waals surface area contributed by atoms with Gasteiger partial charge in [0.05, 0.1) is 18.0 Å². The predicted octanol–water partition coefficient (Wildman–Crippen LogP) is 5.57. The Kier molecular flexibility index (Phi) is 7.09. The molecule has 0 unspecified atom stereocenters. The second-order valence-corrected chi connectivity index (χ2v) is 8.52. The number of hydrogen-bond acceptors (Lipinski definition) is 5. The van der Waals surface area contributed by atoms with Gasteiger partial charge in [0.25, 0.3) is 0 Å². The Morgan fingerprint density at radius 2 is 1.75 bits per heavy atom. The minimum Gasteiger partial charge on any atom is -0.378 e. The highest BCUT2D eigenvalue weighted by Gasteiger charge is 2.16. The van der Waals surface area contributed by atoms with Crippen LogP contribution in [0.5, 0.6) is 0 Å². The molecular weight excluding hydrogens is 442 g/mol. The molecule has 0 aliphatic rings. The maximum absolute atomic E-state index is 12.4. The molecule has 3 aromatic carbocycles. The molecule has 1 heterocycles. The van der Waals surface area contributed by atoms with Gasteiger partial charge < -0.3 is 10.6 Å². The Morgan fingerprint density at radius 3 is 2.50 bits per heavy atom. The van der Waals surface area contributed by atoms with E-state index in [4.69, 9.17) is 11.6 Å². The number of para-hydroxylation sites is 1. The first-order chi connectivity index (χ1) is 15.6. The van der Waals surface area contributed by atoms with Crippen LogP contribution in [0.2, 0.25) is 5.02 Å². The first kappa shape index (κ1) is 21.9. The lowest BCUT2D eigenvalue weighted by atomic mass is 10.2. The normalized spacial score (nSPS) is 10.7. The number of carbonyl (C=O) groups excluding carboxylic acids is 1. The maximum Gasteiger partial charge on any atom is 0.234 e. The molecule has 1 aromatic heterocycles. The van der Waals surface area contributed by atoms with Gasteiger partial charge in [0, 0.05) is 16.4 Å². The number of anilines is 2. The fraction of sp³-hybridized carbons (Fsp3) is 0.125.